The molecule has 0 bridgehead atoms. The second-order valence-electron chi connectivity index (χ2n) is 5.40. The fourth-order valence-corrected chi connectivity index (χ4v) is 2.39. The summed E-state index contributed by atoms with van der Waals surface area (Å²) >= 11 is 0. The number of benzene rings is 2. The zero-order chi connectivity index (χ0) is 15.9. The molecule has 2 rings (SSSR count). The Morgan fingerprint density at radius 1 is 0.955 bits per heavy atom. The van der Waals surface area contributed by atoms with Gasteiger partial charge in [0.2, 0.25) is 0 Å². The van der Waals surface area contributed by atoms with Crippen molar-refractivity contribution in [1.29, 1.82) is 0 Å². The minimum absolute atomic E-state index is 0.488. The van der Waals surface area contributed by atoms with E-state index in [0.29, 0.717) is 13.1 Å². The summed E-state index contributed by atoms with van der Waals surface area (Å²) < 4.78 is 0. The number of carbonyl (C=O) groups is 1. The van der Waals surface area contributed by atoms with E-state index in [1.165, 1.54) is 0 Å². The molecule has 0 saturated heterocycles. The first-order valence-electron chi connectivity index (χ1n) is 7.30. The normalized spacial score (nSPS) is 13.8. The van der Waals surface area contributed by atoms with E-state index in [0.717, 1.165) is 11.1 Å². The molecule has 0 saturated carbocycles. The van der Waals surface area contributed by atoms with Gasteiger partial charge in [-0.1, -0.05) is 60.7 Å². The zero-order valence-electron chi connectivity index (χ0n) is 12.6. The molecule has 0 heterocycles. The Bertz CT molecular complexity index is 544. The summed E-state index contributed by atoms with van der Waals surface area (Å²) in [4.78, 5) is 13.0. The highest BCUT2D eigenvalue weighted by Gasteiger charge is 2.27. The Morgan fingerprint density at radius 3 is 1.73 bits per heavy atom. The average molecular weight is 299 g/mol. The molecule has 0 aliphatic heterocycles. The molecule has 116 valence electrons. The third-order valence-corrected chi connectivity index (χ3v) is 3.74. The average Bonchev–Trinajstić information content (AvgIpc) is 2.54. The quantitative estimate of drug-likeness (QED) is 0.825. The van der Waals surface area contributed by atoms with E-state index in [4.69, 9.17) is 5.11 Å². The van der Waals surface area contributed by atoms with Gasteiger partial charge >= 0.3 is 5.97 Å². The van der Waals surface area contributed by atoms with Gasteiger partial charge in [-0.05, 0) is 18.1 Å². The van der Waals surface area contributed by atoms with Gasteiger partial charge in [-0.25, -0.2) is 4.79 Å². The van der Waals surface area contributed by atoms with Crippen LogP contribution in [0.3, 0.4) is 0 Å². The lowest BCUT2D eigenvalue weighted by Gasteiger charge is -2.31. The Balaban J connectivity index is 2.18. The molecule has 0 aliphatic carbocycles. The molecule has 0 aromatic heterocycles. The van der Waals surface area contributed by atoms with Crippen molar-refractivity contribution in [3.63, 3.8) is 0 Å². The van der Waals surface area contributed by atoms with Gasteiger partial charge in [-0.3, -0.25) is 4.90 Å². The number of carboxylic acid groups (broad SMARTS) is 1. The lowest BCUT2D eigenvalue weighted by Crippen LogP contribution is -2.44. The van der Waals surface area contributed by atoms with Gasteiger partial charge in [-0.2, -0.15) is 0 Å². The van der Waals surface area contributed by atoms with Gasteiger partial charge in [0.15, 0.2) is 6.10 Å². The van der Waals surface area contributed by atoms with Crippen LogP contribution in [0.25, 0.3) is 0 Å². The molecule has 0 aliphatic rings. The van der Waals surface area contributed by atoms with Crippen molar-refractivity contribution in [2.75, 3.05) is 0 Å². The molecule has 2 N–H and O–H groups in total. The molecule has 0 fully saturated rings. The Hall–Kier alpha value is -2.17. The molecule has 22 heavy (non-hydrogen) atoms. The van der Waals surface area contributed by atoms with Crippen molar-refractivity contribution in [1.82, 2.24) is 4.90 Å². The highest BCUT2D eigenvalue weighted by atomic mass is 16.4. The smallest absolute Gasteiger partial charge is 0.334 e. The summed E-state index contributed by atoms with van der Waals surface area (Å²) in [6, 6.07) is 19.2. The van der Waals surface area contributed by atoms with E-state index >= 15 is 0 Å². The maximum Gasteiger partial charge on any atom is 0.334 e. The van der Waals surface area contributed by atoms with E-state index in [9.17, 15) is 9.90 Å². The molecular weight excluding hydrogens is 278 g/mol. The molecule has 2 aromatic rings. The van der Waals surface area contributed by atoms with Gasteiger partial charge in [0, 0.05) is 19.1 Å². The summed E-state index contributed by atoms with van der Waals surface area (Å²) in [6.07, 6.45) is -1.41. The van der Waals surface area contributed by atoms with E-state index in [2.05, 4.69) is 0 Å². The molecular formula is C18H21NO3. The topological polar surface area (TPSA) is 60.8 Å². The summed E-state index contributed by atoms with van der Waals surface area (Å²) in [6.45, 7) is 2.91. The maximum atomic E-state index is 11.1. The van der Waals surface area contributed by atoms with E-state index in [1.54, 1.807) is 6.92 Å². The number of rotatable bonds is 7. The van der Waals surface area contributed by atoms with Crippen molar-refractivity contribution in [3.8, 4) is 0 Å². The lowest BCUT2D eigenvalue weighted by atomic mass is 10.1. The highest BCUT2D eigenvalue weighted by molar-refractivity contribution is 5.72. The first-order chi connectivity index (χ1) is 10.6. The van der Waals surface area contributed by atoms with Gasteiger partial charge in [0.1, 0.15) is 0 Å². The molecule has 1 unspecified atom stereocenters. The van der Waals surface area contributed by atoms with Crippen LogP contribution >= 0.6 is 0 Å². The van der Waals surface area contributed by atoms with Crippen LogP contribution in [0.15, 0.2) is 60.7 Å². The van der Waals surface area contributed by atoms with Crippen LogP contribution in [0.1, 0.15) is 18.1 Å². The van der Waals surface area contributed by atoms with E-state index in [-0.39, 0.29) is 0 Å². The third kappa shape index (κ3) is 4.41. The van der Waals surface area contributed by atoms with Crippen molar-refractivity contribution < 1.29 is 15.0 Å². The summed E-state index contributed by atoms with van der Waals surface area (Å²) in [5.41, 5.74) is 2.17. The van der Waals surface area contributed by atoms with E-state index < -0.39 is 18.1 Å². The van der Waals surface area contributed by atoms with E-state index in [1.807, 2.05) is 65.6 Å². The molecule has 2 atom stereocenters. The van der Waals surface area contributed by atoms with Crippen LogP contribution in [0.5, 0.6) is 0 Å². The van der Waals surface area contributed by atoms with Crippen LogP contribution in [-0.2, 0) is 17.9 Å². The predicted molar refractivity (Wildman–Crippen MR) is 85.2 cm³/mol. The minimum atomic E-state index is -1.41. The molecule has 0 spiro atoms. The van der Waals surface area contributed by atoms with Crippen LogP contribution in [-0.4, -0.2) is 33.2 Å². The number of aliphatic hydroxyl groups is 1. The summed E-state index contributed by atoms with van der Waals surface area (Å²) in [7, 11) is 0. The number of hydrogen-bond acceptors (Lipinski definition) is 3. The first kappa shape index (κ1) is 16.2. The number of nitrogens with zero attached hydrogens (tertiary/aromatic N) is 1. The summed E-state index contributed by atoms with van der Waals surface area (Å²) in [5, 5.41) is 18.9. The van der Waals surface area contributed by atoms with Gasteiger partial charge < -0.3 is 10.2 Å². The minimum Gasteiger partial charge on any atom is -0.479 e. The number of carboxylic acids is 1. The molecule has 4 nitrogen and oxygen atoms in total. The largest absolute Gasteiger partial charge is 0.479 e. The molecule has 0 amide bonds. The van der Waals surface area contributed by atoms with Gasteiger partial charge in [0.25, 0.3) is 0 Å². The first-order valence-corrected chi connectivity index (χ1v) is 7.30. The van der Waals surface area contributed by atoms with Crippen molar-refractivity contribution in [2.45, 2.75) is 32.2 Å². The second kappa shape index (κ2) is 7.73. The second-order valence-corrected chi connectivity index (χ2v) is 5.40. The fraction of sp³-hybridized carbons (Fsp3) is 0.278. The van der Waals surface area contributed by atoms with Crippen LogP contribution in [0.2, 0.25) is 0 Å². The Kier molecular flexibility index (Phi) is 5.69. The number of aliphatic carboxylic acids is 1. The lowest BCUT2D eigenvalue weighted by molar-refractivity contribution is -0.150. The third-order valence-electron chi connectivity index (χ3n) is 3.74. The Morgan fingerprint density at radius 2 is 1.36 bits per heavy atom. The van der Waals surface area contributed by atoms with Crippen LogP contribution < -0.4 is 0 Å². The van der Waals surface area contributed by atoms with Gasteiger partial charge in [0.05, 0.1) is 0 Å². The van der Waals surface area contributed by atoms with Crippen molar-refractivity contribution >= 4 is 5.97 Å². The predicted octanol–water partition coefficient (Wildman–Crippen LogP) is 2.52. The molecule has 0 radical (unpaired) electrons. The number of hydrogen-bond donors (Lipinski definition) is 2. The molecule has 4 heteroatoms. The monoisotopic (exact) mass is 299 g/mol. The fourth-order valence-electron chi connectivity index (χ4n) is 2.39. The van der Waals surface area contributed by atoms with Crippen LogP contribution in [0, 0.1) is 0 Å². The Labute approximate surface area is 130 Å². The van der Waals surface area contributed by atoms with Gasteiger partial charge in [-0.15, -0.1) is 0 Å². The standard InChI is InChI=1S/C18H21NO3/c1-14(17(20)18(21)22)19(12-15-8-4-2-5-9-15)13-16-10-6-3-7-11-16/h2-11,14,17,20H,12-13H2,1H3,(H,21,22)/t14-,17?/m0/s1. The maximum absolute atomic E-state index is 11.1. The van der Waals surface area contributed by atoms with Crippen LogP contribution in [0.4, 0.5) is 0 Å². The van der Waals surface area contributed by atoms with Crippen molar-refractivity contribution in [2.24, 2.45) is 0 Å². The highest BCUT2D eigenvalue weighted by Crippen LogP contribution is 2.15. The number of aliphatic hydroxyl groups excluding tert-OH is 1. The zero-order valence-corrected chi connectivity index (χ0v) is 12.6. The summed E-state index contributed by atoms with van der Waals surface area (Å²) in [5.74, 6) is -1.20. The van der Waals surface area contributed by atoms with Crippen molar-refractivity contribution in [3.05, 3.63) is 71.8 Å². The SMILES string of the molecule is C[C@@H](C(O)C(=O)O)N(Cc1ccccc1)Cc1ccccc1. The molecule has 2 aromatic carbocycles.